The van der Waals surface area contributed by atoms with E-state index in [9.17, 15) is 17.2 Å². The Bertz CT molecular complexity index is 579. The van der Waals surface area contributed by atoms with E-state index < -0.39 is 38.3 Å². The Kier molecular flexibility index (Phi) is 3.70. The molecule has 0 heterocycles. The van der Waals surface area contributed by atoms with E-state index in [-0.39, 0.29) is 0 Å². The van der Waals surface area contributed by atoms with E-state index in [2.05, 4.69) is 5.92 Å². The van der Waals surface area contributed by atoms with Gasteiger partial charge in [-0.25, -0.2) is 17.2 Å². The summed E-state index contributed by atoms with van der Waals surface area (Å²) in [6, 6.07) is 0.741. The Balaban J connectivity index is 3.27. The van der Waals surface area contributed by atoms with Gasteiger partial charge in [0.1, 0.15) is 16.4 Å². The fourth-order valence-electron chi connectivity index (χ4n) is 1.09. The van der Waals surface area contributed by atoms with E-state index in [0.717, 1.165) is 12.1 Å². The lowest BCUT2D eigenvalue weighted by molar-refractivity contribution is 0.546. The van der Waals surface area contributed by atoms with Gasteiger partial charge in [0, 0.05) is 0 Å². The van der Waals surface area contributed by atoms with E-state index >= 15 is 0 Å². The molecule has 0 bridgehead atoms. The minimum atomic E-state index is -4.16. The fourth-order valence-corrected chi connectivity index (χ4v) is 2.34. The van der Waals surface area contributed by atoms with Crippen LogP contribution in [0.3, 0.4) is 0 Å². The van der Waals surface area contributed by atoms with Gasteiger partial charge < -0.3 is 5.73 Å². The van der Waals surface area contributed by atoms with Crippen LogP contribution in [0.1, 0.15) is 6.92 Å². The highest BCUT2D eigenvalue weighted by molar-refractivity contribution is 7.89. The first-order valence-corrected chi connectivity index (χ1v) is 6.00. The van der Waals surface area contributed by atoms with Gasteiger partial charge in [-0.3, -0.25) is 0 Å². The summed E-state index contributed by atoms with van der Waals surface area (Å²) in [7, 11) is -4.16. The Morgan fingerprint density at radius 3 is 2.59 bits per heavy atom. The quantitative estimate of drug-likeness (QED) is 0.625. The summed E-state index contributed by atoms with van der Waals surface area (Å²) >= 11 is 0. The minimum Gasteiger partial charge on any atom is -0.394 e. The third kappa shape index (κ3) is 2.72. The molecule has 0 amide bonds. The molecule has 0 aliphatic carbocycles. The number of nitrogen functional groups attached to an aromatic ring is 1. The molecule has 7 heteroatoms. The van der Waals surface area contributed by atoms with Gasteiger partial charge in [0.2, 0.25) is 10.0 Å². The molecule has 92 valence electrons. The molecule has 0 aromatic heterocycles. The Morgan fingerprint density at radius 2 is 2.06 bits per heavy atom. The number of nitrogens with one attached hydrogen (secondary N) is 1. The molecule has 1 aromatic rings. The number of sulfonamides is 1. The molecular formula is C10H10F2N2O2S. The first-order chi connectivity index (χ1) is 7.79. The smallest absolute Gasteiger partial charge is 0.244 e. The molecule has 0 radical (unpaired) electrons. The molecule has 0 fully saturated rings. The molecular weight excluding hydrogens is 250 g/mol. The van der Waals surface area contributed by atoms with Crippen molar-refractivity contribution in [1.82, 2.24) is 4.72 Å². The lowest BCUT2D eigenvalue weighted by Gasteiger charge is -2.10. The number of nitrogens with two attached hydrogens (primary N) is 1. The third-order valence-electron chi connectivity index (χ3n) is 1.96. The summed E-state index contributed by atoms with van der Waals surface area (Å²) < 4.78 is 51.7. The highest BCUT2D eigenvalue weighted by Crippen LogP contribution is 2.22. The van der Waals surface area contributed by atoms with Crippen molar-refractivity contribution in [3.8, 4) is 12.3 Å². The van der Waals surface area contributed by atoms with Crippen LogP contribution < -0.4 is 10.5 Å². The highest BCUT2D eigenvalue weighted by atomic mass is 32.2. The van der Waals surface area contributed by atoms with Gasteiger partial charge >= 0.3 is 0 Å². The number of anilines is 1. The Morgan fingerprint density at radius 1 is 1.47 bits per heavy atom. The highest BCUT2D eigenvalue weighted by Gasteiger charge is 2.23. The third-order valence-corrected chi connectivity index (χ3v) is 3.52. The topological polar surface area (TPSA) is 72.2 Å². The number of halogens is 2. The summed E-state index contributed by atoms with van der Waals surface area (Å²) in [5.74, 6) is -0.235. The number of terminal acetylenes is 1. The summed E-state index contributed by atoms with van der Waals surface area (Å²) in [5, 5.41) is 0. The van der Waals surface area contributed by atoms with Crippen molar-refractivity contribution in [2.24, 2.45) is 0 Å². The maximum atomic E-state index is 13.5. The molecule has 1 aromatic carbocycles. The van der Waals surface area contributed by atoms with Gasteiger partial charge in [-0.05, 0) is 19.1 Å². The molecule has 1 atom stereocenters. The van der Waals surface area contributed by atoms with Crippen LogP contribution in [-0.2, 0) is 10.0 Å². The molecule has 0 aliphatic rings. The maximum Gasteiger partial charge on any atom is 0.244 e. The monoisotopic (exact) mass is 260 g/mol. The van der Waals surface area contributed by atoms with Crippen molar-refractivity contribution >= 4 is 15.7 Å². The standard InChI is InChI=1S/C10H10F2N2O2S/c1-3-6(2)14-17(15,16)8-5-4-7(11)10(13)9(8)12/h1,4-6,14H,13H2,2H3. The predicted octanol–water partition coefficient (Wildman–Crippen LogP) is 0.847. The van der Waals surface area contributed by atoms with Gasteiger partial charge in [-0.2, -0.15) is 4.72 Å². The van der Waals surface area contributed by atoms with E-state index in [1.807, 2.05) is 4.72 Å². The van der Waals surface area contributed by atoms with Crippen LogP contribution in [0.4, 0.5) is 14.5 Å². The fraction of sp³-hybridized carbons (Fsp3) is 0.200. The van der Waals surface area contributed by atoms with Crippen LogP contribution in [-0.4, -0.2) is 14.5 Å². The SMILES string of the molecule is C#CC(C)NS(=O)(=O)c1ccc(F)c(N)c1F. The molecule has 0 spiro atoms. The van der Waals surface area contributed by atoms with Crippen LogP contribution in [0.5, 0.6) is 0 Å². The zero-order valence-corrected chi connectivity index (χ0v) is 9.68. The van der Waals surface area contributed by atoms with E-state index in [1.165, 1.54) is 6.92 Å². The van der Waals surface area contributed by atoms with Crippen molar-refractivity contribution in [2.75, 3.05) is 5.73 Å². The van der Waals surface area contributed by atoms with Crippen LogP contribution >= 0.6 is 0 Å². The predicted molar refractivity (Wildman–Crippen MR) is 59.4 cm³/mol. The van der Waals surface area contributed by atoms with Crippen molar-refractivity contribution in [3.05, 3.63) is 23.8 Å². The van der Waals surface area contributed by atoms with Crippen molar-refractivity contribution in [3.63, 3.8) is 0 Å². The average molecular weight is 260 g/mol. The van der Waals surface area contributed by atoms with E-state index in [0.29, 0.717) is 0 Å². The lowest BCUT2D eigenvalue weighted by Crippen LogP contribution is -2.32. The summed E-state index contributed by atoms with van der Waals surface area (Å²) in [4.78, 5) is -0.738. The average Bonchev–Trinajstić information content (AvgIpc) is 2.24. The van der Waals surface area contributed by atoms with Crippen molar-refractivity contribution < 1.29 is 17.2 Å². The van der Waals surface area contributed by atoms with Crippen LogP contribution in [0.15, 0.2) is 17.0 Å². The molecule has 0 aliphatic heterocycles. The number of hydrogen-bond acceptors (Lipinski definition) is 3. The number of benzene rings is 1. The zero-order chi connectivity index (χ0) is 13.2. The van der Waals surface area contributed by atoms with Crippen LogP contribution in [0.2, 0.25) is 0 Å². The van der Waals surface area contributed by atoms with Crippen molar-refractivity contribution in [1.29, 1.82) is 0 Å². The molecule has 3 N–H and O–H groups in total. The van der Waals surface area contributed by atoms with E-state index in [1.54, 1.807) is 0 Å². The molecule has 4 nitrogen and oxygen atoms in total. The van der Waals surface area contributed by atoms with Crippen LogP contribution in [0, 0.1) is 24.0 Å². The zero-order valence-electron chi connectivity index (χ0n) is 8.87. The van der Waals surface area contributed by atoms with Crippen molar-refractivity contribution in [2.45, 2.75) is 17.9 Å². The van der Waals surface area contributed by atoms with Gasteiger partial charge in [-0.1, -0.05) is 5.92 Å². The minimum absolute atomic E-state index is 0.738. The molecule has 1 unspecified atom stereocenters. The Hall–Kier alpha value is -1.65. The summed E-state index contributed by atoms with van der Waals surface area (Å²) in [6.07, 6.45) is 4.99. The van der Waals surface area contributed by atoms with Gasteiger partial charge in [0.15, 0.2) is 5.82 Å². The van der Waals surface area contributed by atoms with Gasteiger partial charge in [-0.15, -0.1) is 6.42 Å². The van der Waals surface area contributed by atoms with Gasteiger partial charge in [0.05, 0.1) is 6.04 Å². The van der Waals surface area contributed by atoms with Crippen LogP contribution in [0.25, 0.3) is 0 Å². The first kappa shape index (κ1) is 13.4. The second kappa shape index (κ2) is 4.69. The molecule has 0 saturated heterocycles. The van der Waals surface area contributed by atoms with Gasteiger partial charge in [0.25, 0.3) is 0 Å². The first-order valence-electron chi connectivity index (χ1n) is 4.51. The molecule has 0 saturated carbocycles. The number of rotatable bonds is 3. The maximum absolute atomic E-state index is 13.5. The second-order valence-electron chi connectivity index (χ2n) is 3.28. The lowest BCUT2D eigenvalue weighted by atomic mass is 10.3. The second-order valence-corrected chi connectivity index (χ2v) is 4.97. The van der Waals surface area contributed by atoms with E-state index in [4.69, 9.17) is 12.2 Å². The number of hydrogen-bond donors (Lipinski definition) is 2. The Labute approximate surface area is 97.9 Å². The normalized spacial score (nSPS) is 13.1. The molecule has 1 rings (SSSR count). The summed E-state index contributed by atoms with van der Waals surface area (Å²) in [6.45, 7) is 1.41. The largest absolute Gasteiger partial charge is 0.394 e. The molecule has 17 heavy (non-hydrogen) atoms. The summed E-state index contributed by atoms with van der Waals surface area (Å²) in [5.41, 5.74) is 4.21.